The number of amidine groups is 2. The lowest BCUT2D eigenvalue weighted by Crippen LogP contribution is -2.10. The number of nitrogens with two attached hydrogens (primary N) is 2. The zero-order chi connectivity index (χ0) is 17.3. The first-order valence-corrected chi connectivity index (χ1v) is 7.39. The number of halogens is 4. The Balaban J connectivity index is 0.00000225. The summed E-state index contributed by atoms with van der Waals surface area (Å²) in [6, 6.07) is 14.0. The van der Waals surface area contributed by atoms with Crippen LogP contribution in [0.2, 0.25) is 5.02 Å². The van der Waals surface area contributed by atoms with E-state index in [1.54, 1.807) is 42.5 Å². The standard InChI is InChI=1S/C17H14ClN5O.3ClH/c18-13-7-11(17(21)22)4-5-12(13)15-8-14(23-24-15)9-2-1-3-10(6-9)16(19)20;;;/h1-8H,(H3,19,20)(H3,21,22);3*1H. The van der Waals surface area contributed by atoms with Crippen LogP contribution in [0.3, 0.4) is 0 Å². The maximum Gasteiger partial charge on any atom is 0.168 e. The Morgan fingerprint density at radius 3 is 2.11 bits per heavy atom. The van der Waals surface area contributed by atoms with Gasteiger partial charge in [0.15, 0.2) is 5.76 Å². The maximum atomic E-state index is 7.51. The molecule has 27 heavy (non-hydrogen) atoms. The highest BCUT2D eigenvalue weighted by molar-refractivity contribution is 6.33. The molecule has 0 saturated carbocycles. The SMILES string of the molecule is Cl.Cl.Cl.N=C(N)c1cccc(-c2cc(-c3ccc(C(=N)N)cc3Cl)on2)c1. The highest BCUT2D eigenvalue weighted by Gasteiger charge is 2.13. The predicted molar refractivity (Wildman–Crippen MR) is 116 cm³/mol. The lowest BCUT2D eigenvalue weighted by molar-refractivity contribution is 0.435. The molecule has 10 heteroatoms. The van der Waals surface area contributed by atoms with Gasteiger partial charge in [0, 0.05) is 28.3 Å². The maximum absolute atomic E-state index is 7.51. The number of nitrogen functional groups attached to an aromatic ring is 2. The van der Waals surface area contributed by atoms with E-state index in [9.17, 15) is 0 Å². The molecule has 6 N–H and O–H groups in total. The van der Waals surface area contributed by atoms with Crippen molar-refractivity contribution in [3.63, 3.8) is 0 Å². The first kappa shape index (κ1) is 24.8. The lowest BCUT2D eigenvalue weighted by atomic mass is 10.1. The molecule has 0 atom stereocenters. The number of hydrogen-bond donors (Lipinski definition) is 4. The van der Waals surface area contributed by atoms with Crippen molar-refractivity contribution >= 4 is 60.5 Å². The highest BCUT2D eigenvalue weighted by Crippen LogP contribution is 2.31. The molecule has 0 fully saturated rings. The molecule has 0 bridgehead atoms. The Labute approximate surface area is 179 Å². The predicted octanol–water partition coefficient (Wildman–Crippen LogP) is 4.50. The minimum absolute atomic E-state index is 0. The number of rotatable bonds is 4. The first-order chi connectivity index (χ1) is 11.5. The van der Waals surface area contributed by atoms with Gasteiger partial charge in [0.25, 0.3) is 0 Å². The minimum Gasteiger partial charge on any atom is -0.384 e. The third kappa shape index (κ3) is 5.37. The molecule has 0 saturated heterocycles. The van der Waals surface area contributed by atoms with Gasteiger partial charge in [0.05, 0.1) is 5.02 Å². The Morgan fingerprint density at radius 1 is 0.889 bits per heavy atom. The van der Waals surface area contributed by atoms with Crippen LogP contribution in [-0.2, 0) is 0 Å². The molecule has 0 aliphatic heterocycles. The zero-order valence-corrected chi connectivity index (χ0v) is 16.9. The van der Waals surface area contributed by atoms with Gasteiger partial charge in [0.2, 0.25) is 0 Å². The summed E-state index contributed by atoms with van der Waals surface area (Å²) in [5.74, 6) is 0.435. The van der Waals surface area contributed by atoms with Crippen molar-refractivity contribution in [1.82, 2.24) is 5.16 Å². The van der Waals surface area contributed by atoms with Crippen LogP contribution in [0.4, 0.5) is 0 Å². The third-order valence-corrected chi connectivity index (χ3v) is 3.84. The molecule has 0 amide bonds. The Bertz CT molecular complexity index is 958. The third-order valence-electron chi connectivity index (χ3n) is 3.53. The molecule has 0 unspecified atom stereocenters. The van der Waals surface area contributed by atoms with Crippen molar-refractivity contribution in [2.75, 3.05) is 0 Å². The van der Waals surface area contributed by atoms with E-state index >= 15 is 0 Å². The van der Waals surface area contributed by atoms with Crippen LogP contribution in [0.15, 0.2) is 53.1 Å². The fourth-order valence-electron chi connectivity index (χ4n) is 2.27. The fourth-order valence-corrected chi connectivity index (χ4v) is 2.54. The molecular weight excluding hydrogens is 432 g/mol. The van der Waals surface area contributed by atoms with Crippen LogP contribution in [-0.4, -0.2) is 16.8 Å². The first-order valence-electron chi connectivity index (χ1n) is 7.01. The van der Waals surface area contributed by atoms with Crippen LogP contribution < -0.4 is 11.5 Å². The number of nitrogens with zero attached hydrogens (tertiary/aromatic N) is 1. The second-order valence-corrected chi connectivity index (χ2v) is 5.59. The molecule has 2 aromatic carbocycles. The summed E-state index contributed by atoms with van der Waals surface area (Å²) in [4.78, 5) is 0. The molecule has 3 aromatic rings. The van der Waals surface area contributed by atoms with Crippen LogP contribution in [0.1, 0.15) is 11.1 Å². The van der Waals surface area contributed by atoms with E-state index in [0.29, 0.717) is 33.2 Å². The number of benzene rings is 2. The topological polar surface area (TPSA) is 126 Å². The van der Waals surface area contributed by atoms with Gasteiger partial charge < -0.3 is 16.0 Å². The summed E-state index contributed by atoms with van der Waals surface area (Å²) < 4.78 is 5.38. The Hall–Kier alpha value is -2.25. The number of hydrogen-bond acceptors (Lipinski definition) is 4. The van der Waals surface area contributed by atoms with E-state index < -0.39 is 0 Å². The minimum atomic E-state index is -0.0530. The van der Waals surface area contributed by atoms with Crippen molar-refractivity contribution in [2.45, 2.75) is 0 Å². The molecular formula is C17H17Cl4N5O. The molecule has 0 aliphatic rings. The van der Waals surface area contributed by atoms with Gasteiger partial charge in [-0.05, 0) is 18.2 Å². The largest absolute Gasteiger partial charge is 0.384 e. The van der Waals surface area contributed by atoms with Crippen LogP contribution >= 0.6 is 48.8 Å². The average Bonchev–Trinajstić information content (AvgIpc) is 3.04. The van der Waals surface area contributed by atoms with E-state index in [1.807, 2.05) is 6.07 Å². The van der Waals surface area contributed by atoms with Gasteiger partial charge in [-0.3, -0.25) is 10.8 Å². The quantitative estimate of drug-likeness (QED) is 0.346. The molecule has 6 nitrogen and oxygen atoms in total. The van der Waals surface area contributed by atoms with Crippen molar-refractivity contribution in [3.05, 3.63) is 64.7 Å². The normalized spacial score (nSPS) is 9.37. The van der Waals surface area contributed by atoms with Gasteiger partial charge in [-0.1, -0.05) is 41.0 Å². The van der Waals surface area contributed by atoms with Crippen molar-refractivity contribution in [3.8, 4) is 22.6 Å². The molecule has 0 aliphatic carbocycles. The van der Waals surface area contributed by atoms with E-state index in [2.05, 4.69) is 5.16 Å². The highest BCUT2D eigenvalue weighted by atomic mass is 35.5. The van der Waals surface area contributed by atoms with Crippen molar-refractivity contribution < 1.29 is 4.52 Å². The van der Waals surface area contributed by atoms with Crippen LogP contribution in [0.25, 0.3) is 22.6 Å². The summed E-state index contributed by atoms with van der Waals surface area (Å²) in [6.07, 6.45) is 0. The van der Waals surface area contributed by atoms with Gasteiger partial charge in [-0.2, -0.15) is 0 Å². The van der Waals surface area contributed by atoms with Crippen molar-refractivity contribution in [1.29, 1.82) is 10.8 Å². The van der Waals surface area contributed by atoms with Crippen LogP contribution in [0, 0.1) is 10.8 Å². The summed E-state index contributed by atoms with van der Waals surface area (Å²) in [7, 11) is 0. The number of aromatic nitrogens is 1. The van der Waals surface area contributed by atoms with E-state index in [4.69, 9.17) is 38.4 Å². The summed E-state index contributed by atoms with van der Waals surface area (Å²) >= 11 is 6.25. The van der Waals surface area contributed by atoms with Gasteiger partial charge in [-0.25, -0.2) is 0 Å². The summed E-state index contributed by atoms with van der Waals surface area (Å²) in [6.45, 7) is 0. The molecule has 1 heterocycles. The molecule has 0 spiro atoms. The monoisotopic (exact) mass is 447 g/mol. The van der Waals surface area contributed by atoms with Gasteiger partial charge >= 0.3 is 0 Å². The average molecular weight is 449 g/mol. The summed E-state index contributed by atoms with van der Waals surface area (Å²) in [5.41, 5.74) is 14.2. The van der Waals surface area contributed by atoms with Crippen LogP contribution in [0.5, 0.6) is 0 Å². The second-order valence-electron chi connectivity index (χ2n) is 5.18. The lowest BCUT2D eigenvalue weighted by Gasteiger charge is -2.03. The molecule has 3 rings (SSSR count). The molecule has 144 valence electrons. The number of nitrogens with one attached hydrogen (secondary N) is 2. The van der Waals surface area contributed by atoms with Gasteiger partial charge in [-0.15, -0.1) is 37.2 Å². The molecule has 1 aromatic heterocycles. The Morgan fingerprint density at radius 2 is 1.52 bits per heavy atom. The molecule has 0 radical (unpaired) electrons. The summed E-state index contributed by atoms with van der Waals surface area (Å²) in [5, 5.41) is 19.4. The smallest absolute Gasteiger partial charge is 0.168 e. The van der Waals surface area contributed by atoms with E-state index in [1.165, 1.54) is 0 Å². The second kappa shape index (κ2) is 10.2. The zero-order valence-electron chi connectivity index (χ0n) is 13.7. The van der Waals surface area contributed by atoms with Gasteiger partial charge in [0.1, 0.15) is 17.4 Å². The fraction of sp³-hybridized carbons (Fsp3) is 0. The van der Waals surface area contributed by atoms with Crippen molar-refractivity contribution in [2.24, 2.45) is 11.5 Å². The van der Waals surface area contributed by atoms with E-state index in [0.717, 1.165) is 5.56 Å². The Kier molecular flexibility index (Phi) is 9.33. The van der Waals surface area contributed by atoms with E-state index in [-0.39, 0.29) is 48.9 Å².